The van der Waals surface area contributed by atoms with E-state index in [1.54, 1.807) is 28.0 Å². The Bertz CT molecular complexity index is 142. The number of hydrogen-bond donors (Lipinski definition) is 0. The molecule has 0 fully saturated rings. The van der Waals surface area contributed by atoms with Gasteiger partial charge >= 0.3 is 0 Å². The van der Waals surface area contributed by atoms with Gasteiger partial charge < -0.3 is 0 Å². The molecule has 0 radical (unpaired) electrons. The summed E-state index contributed by atoms with van der Waals surface area (Å²) in [6.07, 6.45) is 0. The fraction of sp³-hybridized carbons (Fsp3) is 0. The molecule has 0 bridgehead atoms. The van der Waals surface area contributed by atoms with Crippen LogP contribution < -0.4 is 0 Å². The van der Waals surface area contributed by atoms with Crippen LogP contribution in [0.1, 0.15) is 4.19 Å². The lowest BCUT2D eigenvalue weighted by Gasteiger charge is -1.52. The van der Waals surface area contributed by atoms with E-state index >= 15 is 0 Å². The molecule has 36 valence electrons. The molecule has 0 spiro atoms. The minimum Gasteiger partial charge on any atom is -0.0819 e. The van der Waals surface area contributed by atoms with Crippen LogP contribution in [-0.2, 0) is 0 Å². The summed E-state index contributed by atoms with van der Waals surface area (Å²) in [5, 5.41) is 5.76. The van der Waals surface area contributed by atoms with Crippen molar-refractivity contribution in [3.63, 3.8) is 0 Å². The average molecular weight is 147 g/mol. The van der Waals surface area contributed by atoms with Crippen molar-refractivity contribution in [3.8, 4) is 0 Å². The molecule has 1 aromatic rings. The molecule has 1 aromatic heterocycles. The summed E-state index contributed by atoms with van der Waals surface area (Å²) < 4.78 is 1.20. The summed E-state index contributed by atoms with van der Waals surface area (Å²) in [7, 11) is 0. The van der Waals surface area contributed by atoms with Crippen LogP contribution in [0.25, 0.3) is 0 Å². The summed E-state index contributed by atoms with van der Waals surface area (Å²) in [6, 6.07) is 0. The Morgan fingerprint density at radius 2 is 2.71 bits per heavy atom. The highest BCUT2D eigenvalue weighted by molar-refractivity contribution is 7.80. The van der Waals surface area contributed by atoms with Crippen LogP contribution in [0.2, 0.25) is 0 Å². The molecule has 0 nitrogen and oxygen atoms in total. The highest BCUT2D eigenvalue weighted by Gasteiger charge is 1.97. The lowest BCUT2D eigenvalue weighted by molar-refractivity contribution is 2.38. The zero-order valence-corrected chi connectivity index (χ0v) is 5.91. The van der Waals surface area contributed by atoms with Crippen molar-refractivity contribution in [1.29, 1.82) is 0 Å². The summed E-state index contributed by atoms with van der Waals surface area (Å²) in [5.41, 5.74) is 0. The second-order valence-electron chi connectivity index (χ2n) is 0.945. The van der Waals surface area contributed by atoms with Crippen LogP contribution >= 0.6 is 34.9 Å². The molecule has 3 heteroatoms. The van der Waals surface area contributed by atoms with E-state index in [-0.39, 0.29) is 0 Å². The van der Waals surface area contributed by atoms with E-state index in [0.29, 0.717) is 0 Å². The standard InChI is InChI=1S/C4H3S3/c5-3-4-6-1-2-7-4/h1-3H/q+1. The van der Waals surface area contributed by atoms with Crippen molar-refractivity contribution in [2.24, 2.45) is 0 Å². The van der Waals surface area contributed by atoms with Crippen molar-refractivity contribution in [3.05, 3.63) is 15.0 Å². The topological polar surface area (TPSA) is 0 Å². The third-order valence-electron chi connectivity index (χ3n) is 0.520. The normalized spacial score (nSPS) is 8.57. The maximum atomic E-state index is 4.67. The van der Waals surface area contributed by atoms with Gasteiger partial charge in [-0.15, -0.1) is 0 Å². The maximum absolute atomic E-state index is 4.67. The first-order valence-corrected chi connectivity index (χ1v) is 3.97. The molecule has 0 atom stereocenters. The number of hydrogen-bond acceptors (Lipinski definition) is 2. The average Bonchev–Trinajstić information content (AvgIpc) is 2.14. The summed E-state index contributed by atoms with van der Waals surface area (Å²) in [6.45, 7) is 0. The van der Waals surface area contributed by atoms with Crippen LogP contribution in [0.4, 0.5) is 0 Å². The predicted molar refractivity (Wildman–Crippen MR) is 39.4 cm³/mol. The van der Waals surface area contributed by atoms with Crippen molar-refractivity contribution >= 4 is 40.3 Å². The Balaban J connectivity index is 2.96. The summed E-state index contributed by atoms with van der Waals surface area (Å²) in [5.74, 6) is 0. The van der Waals surface area contributed by atoms with Crippen molar-refractivity contribution in [2.75, 3.05) is 0 Å². The highest BCUT2D eigenvalue weighted by atomic mass is 32.2. The second kappa shape index (κ2) is 2.45. The molecule has 7 heavy (non-hydrogen) atoms. The van der Waals surface area contributed by atoms with Gasteiger partial charge in [0, 0.05) is 0 Å². The fourth-order valence-corrected chi connectivity index (χ4v) is 1.99. The first kappa shape index (κ1) is 5.28. The largest absolute Gasteiger partial charge is 0.288 e. The molecule has 0 aliphatic carbocycles. The zero-order valence-electron chi connectivity index (χ0n) is 3.46. The summed E-state index contributed by atoms with van der Waals surface area (Å²) in [4.78, 5) is 0. The molecule has 0 aromatic carbocycles. The Hall–Kier alpha value is 0.140. The molecule has 0 aliphatic heterocycles. The minimum atomic E-state index is 1.20. The van der Waals surface area contributed by atoms with E-state index in [1.165, 1.54) is 4.19 Å². The van der Waals surface area contributed by atoms with Gasteiger partial charge in [-0.1, -0.05) is 12.2 Å². The van der Waals surface area contributed by atoms with Crippen LogP contribution in [-0.4, -0.2) is 5.37 Å². The lowest BCUT2D eigenvalue weighted by atomic mass is 11.0. The number of thiocarbonyl (C=S) groups is 1. The third kappa shape index (κ3) is 1.26. The first-order valence-electron chi connectivity index (χ1n) is 1.74. The van der Waals surface area contributed by atoms with E-state index < -0.39 is 0 Å². The van der Waals surface area contributed by atoms with E-state index in [2.05, 4.69) is 12.2 Å². The SMILES string of the molecule is S=Cc1scc[s+]1. The molecule has 0 aliphatic rings. The zero-order chi connectivity index (χ0) is 5.11. The summed E-state index contributed by atoms with van der Waals surface area (Å²) >= 11 is 8.03. The minimum absolute atomic E-state index is 1.20. The quantitative estimate of drug-likeness (QED) is 0.434. The molecule has 0 amide bonds. The Kier molecular flexibility index (Phi) is 1.85. The van der Waals surface area contributed by atoms with Gasteiger partial charge in [0.25, 0.3) is 4.19 Å². The fourth-order valence-electron chi connectivity index (χ4n) is 0.273. The van der Waals surface area contributed by atoms with E-state index in [1.807, 2.05) is 10.8 Å². The van der Waals surface area contributed by atoms with E-state index in [0.717, 1.165) is 0 Å². The molecule has 0 saturated heterocycles. The van der Waals surface area contributed by atoms with Gasteiger partial charge in [0.1, 0.15) is 10.8 Å². The first-order chi connectivity index (χ1) is 3.43. The number of rotatable bonds is 1. The highest BCUT2D eigenvalue weighted by Crippen LogP contribution is 2.11. The van der Waals surface area contributed by atoms with Crippen LogP contribution in [0.3, 0.4) is 0 Å². The van der Waals surface area contributed by atoms with Gasteiger partial charge in [0.2, 0.25) is 0 Å². The smallest absolute Gasteiger partial charge is 0.0819 e. The van der Waals surface area contributed by atoms with Crippen molar-refractivity contribution in [2.45, 2.75) is 0 Å². The van der Waals surface area contributed by atoms with Gasteiger partial charge in [0.05, 0.1) is 28.0 Å². The van der Waals surface area contributed by atoms with Crippen molar-refractivity contribution in [1.82, 2.24) is 0 Å². The Labute approximate surface area is 55.4 Å². The lowest BCUT2D eigenvalue weighted by Crippen LogP contribution is -1.54. The molecular formula is C4H3S3+. The van der Waals surface area contributed by atoms with Gasteiger partial charge in [0.15, 0.2) is 0 Å². The molecule has 0 saturated carbocycles. The van der Waals surface area contributed by atoms with Gasteiger partial charge in [-0.25, -0.2) is 0 Å². The molecule has 0 unspecified atom stereocenters. The van der Waals surface area contributed by atoms with E-state index in [4.69, 9.17) is 0 Å². The van der Waals surface area contributed by atoms with E-state index in [9.17, 15) is 0 Å². The predicted octanol–water partition coefficient (Wildman–Crippen LogP) is 2.44. The molecular weight excluding hydrogens is 144 g/mol. The maximum Gasteiger partial charge on any atom is 0.288 e. The Morgan fingerprint density at radius 3 is 3.00 bits per heavy atom. The molecule has 0 N–H and O–H groups in total. The molecule has 1 rings (SSSR count). The Morgan fingerprint density at radius 1 is 1.86 bits per heavy atom. The van der Waals surface area contributed by atoms with Crippen LogP contribution in [0.15, 0.2) is 10.8 Å². The third-order valence-corrected chi connectivity index (χ3v) is 3.05. The van der Waals surface area contributed by atoms with Gasteiger partial charge in [-0.05, 0) is 0 Å². The van der Waals surface area contributed by atoms with Crippen LogP contribution in [0.5, 0.6) is 0 Å². The van der Waals surface area contributed by atoms with Crippen LogP contribution in [0, 0.1) is 0 Å². The van der Waals surface area contributed by atoms with Gasteiger partial charge in [-0.2, -0.15) is 0 Å². The second-order valence-corrected chi connectivity index (χ2v) is 3.33. The molecule has 1 heterocycles. The van der Waals surface area contributed by atoms with Gasteiger partial charge in [-0.3, -0.25) is 0 Å². The van der Waals surface area contributed by atoms with Crippen molar-refractivity contribution < 1.29 is 0 Å². The monoisotopic (exact) mass is 147 g/mol.